The van der Waals surface area contributed by atoms with Crippen LogP contribution in [-0.2, 0) is 9.84 Å². The quantitative estimate of drug-likeness (QED) is 0.526. The maximum absolute atomic E-state index is 13.7. The molecule has 0 saturated carbocycles. The second-order valence-electron chi connectivity index (χ2n) is 7.30. The van der Waals surface area contributed by atoms with Gasteiger partial charge in [0, 0.05) is 19.3 Å². The number of likely N-dealkylation sites (tertiary alicyclic amines) is 1. The molecule has 0 radical (unpaired) electrons. The van der Waals surface area contributed by atoms with E-state index in [2.05, 4.69) is 0 Å². The maximum Gasteiger partial charge on any atom is 0.428 e. The number of amides is 1. The van der Waals surface area contributed by atoms with Crippen molar-refractivity contribution in [2.75, 3.05) is 33.1 Å². The largest absolute Gasteiger partial charge is 0.494 e. The van der Waals surface area contributed by atoms with E-state index in [1.807, 2.05) is 0 Å². The first kappa shape index (κ1) is 24.6. The number of methoxy groups -OCH3 is 1. The number of carbonyl (C=O) groups excluding carboxylic acids is 1. The fourth-order valence-corrected chi connectivity index (χ4v) is 3.91. The number of ether oxygens (including phenoxy) is 3. The van der Waals surface area contributed by atoms with Gasteiger partial charge < -0.3 is 19.1 Å². The minimum Gasteiger partial charge on any atom is -0.494 e. The molecule has 1 amide bonds. The van der Waals surface area contributed by atoms with Crippen LogP contribution in [0.25, 0.3) is 0 Å². The molecule has 1 aliphatic rings. The Kier molecular flexibility index (Phi) is 7.06. The van der Waals surface area contributed by atoms with Crippen LogP contribution >= 0.6 is 0 Å². The van der Waals surface area contributed by atoms with Crippen LogP contribution in [0, 0.1) is 5.82 Å². The number of rotatable bonds is 8. The van der Waals surface area contributed by atoms with Gasteiger partial charge in [-0.25, -0.2) is 12.8 Å². The standard InChI is InChI=1S/C21H21F4NO6S/c1-30-19-16(33(2,28)29)9-8-15(18(19)20(27)26-10-3-11-26)32-17(21(23,24)25)12-31-14-6-4-13(22)5-7-14/h4-9,17H,3,10-12H2,1-2H3. The number of hydrogen-bond donors (Lipinski definition) is 0. The third-order valence-electron chi connectivity index (χ3n) is 4.89. The smallest absolute Gasteiger partial charge is 0.428 e. The number of benzene rings is 2. The highest BCUT2D eigenvalue weighted by molar-refractivity contribution is 7.90. The molecule has 1 atom stereocenters. The van der Waals surface area contributed by atoms with Crippen LogP contribution < -0.4 is 14.2 Å². The van der Waals surface area contributed by atoms with Crippen molar-refractivity contribution in [2.45, 2.75) is 23.6 Å². The van der Waals surface area contributed by atoms with Crippen molar-refractivity contribution in [3.05, 3.63) is 47.8 Å². The Labute approximate surface area is 187 Å². The molecule has 33 heavy (non-hydrogen) atoms. The van der Waals surface area contributed by atoms with Crippen molar-refractivity contribution < 1.29 is 45.0 Å². The zero-order valence-electron chi connectivity index (χ0n) is 17.7. The molecule has 0 bridgehead atoms. The van der Waals surface area contributed by atoms with Crippen molar-refractivity contribution in [2.24, 2.45) is 0 Å². The Bertz CT molecular complexity index is 1110. The molecule has 2 aromatic rings. The van der Waals surface area contributed by atoms with Crippen LogP contribution in [0.2, 0.25) is 0 Å². The summed E-state index contributed by atoms with van der Waals surface area (Å²) in [4.78, 5) is 14.0. The highest BCUT2D eigenvalue weighted by Gasteiger charge is 2.44. The summed E-state index contributed by atoms with van der Waals surface area (Å²) < 4.78 is 93.8. The van der Waals surface area contributed by atoms with Gasteiger partial charge in [-0.05, 0) is 42.8 Å². The third-order valence-corrected chi connectivity index (χ3v) is 6.01. The molecule has 1 heterocycles. The Hall–Kier alpha value is -3.02. The second kappa shape index (κ2) is 9.46. The van der Waals surface area contributed by atoms with Gasteiger partial charge in [-0.3, -0.25) is 4.79 Å². The topological polar surface area (TPSA) is 82.1 Å². The molecule has 3 rings (SSSR count). The maximum atomic E-state index is 13.7. The summed E-state index contributed by atoms with van der Waals surface area (Å²) in [6.45, 7) is -0.273. The van der Waals surface area contributed by atoms with Crippen LogP contribution in [0.3, 0.4) is 0 Å². The second-order valence-corrected chi connectivity index (χ2v) is 9.29. The molecule has 0 aliphatic carbocycles. The van der Waals surface area contributed by atoms with Crippen molar-refractivity contribution in [1.82, 2.24) is 4.90 Å². The van der Waals surface area contributed by atoms with Gasteiger partial charge in [-0.1, -0.05) is 0 Å². The van der Waals surface area contributed by atoms with E-state index in [-0.39, 0.29) is 10.6 Å². The lowest BCUT2D eigenvalue weighted by Crippen LogP contribution is -2.43. The summed E-state index contributed by atoms with van der Waals surface area (Å²) in [6, 6.07) is 6.37. The summed E-state index contributed by atoms with van der Waals surface area (Å²) >= 11 is 0. The van der Waals surface area contributed by atoms with Crippen molar-refractivity contribution in [3.8, 4) is 17.2 Å². The molecule has 7 nitrogen and oxygen atoms in total. The predicted octanol–water partition coefficient (Wildman–Crippen LogP) is 3.47. The molecule has 180 valence electrons. The van der Waals surface area contributed by atoms with Gasteiger partial charge in [-0.15, -0.1) is 0 Å². The number of sulfone groups is 1. The number of nitrogens with zero attached hydrogens (tertiary/aromatic N) is 1. The Balaban J connectivity index is 1.99. The van der Waals surface area contributed by atoms with Crippen molar-refractivity contribution in [1.29, 1.82) is 0 Å². The van der Waals surface area contributed by atoms with Crippen LogP contribution in [-0.4, -0.2) is 64.6 Å². The molecule has 2 aromatic carbocycles. The van der Waals surface area contributed by atoms with E-state index in [4.69, 9.17) is 14.2 Å². The van der Waals surface area contributed by atoms with Gasteiger partial charge in [0.25, 0.3) is 5.91 Å². The highest BCUT2D eigenvalue weighted by atomic mass is 32.2. The Morgan fingerprint density at radius 3 is 2.24 bits per heavy atom. The van der Waals surface area contributed by atoms with Crippen LogP contribution in [0.5, 0.6) is 17.2 Å². The predicted molar refractivity (Wildman–Crippen MR) is 109 cm³/mol. The SMILES string of the molecule is COc1c(S(C)(=O)=O)ccc(OC(COc2ccc(F)cc2)C(F)(F)F)c1C(=O)N1CCC1. The lowest BCUT2D eigenvalue weighted by molar-refractivity contribution is -0.202. The van der Waals surface area contributed by atoms with Gasteiger partial charge in [0.05, 0.1) is 7.11 Å². The molecule has 12 heteroatoms. The molecule has 1 unspecified atom stereocenters. The van der Waals surface area contributed by atoms with E-state index in [1.165, 1.54) is 4.90 Å². The lowest BCUT2D eigenvalue weighted by Gasteiger charge is -2.32. The lowest BCUT2D eigenvalue weighted by atomic mass is 10.1. The zero-order valence-corrected chi connectivity index (χ0v) is 18.5. The average molecular weight is 491 g/mol. The molecule has 1 saturated heterocycles. The van der Waals surface area contributed by atoms with Crippen molar-refractivity contribution >= 4 is 15.7 Å². The average Bonchev–Trinajstić information content (AvgIpc) is 2.68. The minimum absolute atomic E-state index is 0.0175. The molecule has 0 aromatic heterocycles. The van der Waals surface area contributed by atoms with Gasteiger partial charge in [-0.2, -0.15) is 13.2 Å². The zero-order chi connectivity index (χ0) is 24.4. The number of hydrogen-bond acceptors (Lipinski definition) is 6. The van der Waals surface area contributed by atoms with Gasteiger partial charge in [0.2, 0.25) is 6.10 Å². The summed E-state index contributed by atoms with van der Waals surface area (Å²) in [5.41, 5.74) is -0.420. The molecule has 0 spiro atoms. The van der Waals surface area contributed by atoms with E-state index in [0.717, 1.165) is 49.8 Å². The minimum atomic E-state index is -4.90. The summed E-state index contributed by atoms with van der Waals surface area (Å²) in [5.74, 6) is -2.21. The third kappa shape index (κ3) is 5.67. The molecular weight excluding hydrogens is 470 g/mol. The molecular formula is C21H21F4NO6S. The monoisotopic (exact) mass is 491 g/mol. The molecule has 0 N–H and O–H groups in total. The fourth-order valence-electron chi connectivity index (χ4n) is 3.07. The molecule has 1 aliphatic heterocycles. The number of carbonyl (C=O) groups is 1. The van der Waals surface area contributed by atoms with Gasteiger partial charge in [0.1, 0.15) is 34.4 Å². The van der Waals surface area contributed by atoms with E-state index in [1.54, 1.807) is 0 Å². The Morgan fingerprint density at radius 1 is 1.12 bits per heavy atom. The van der Waals surface area contributed by atoms with Crippen LogP contribution in [0.15, 0.2) is 41.3 Å². The van der Waals surface area contributed by atoms with Crippen LogP contribution in [0.4, 0.5) is 17.6 Å². The van der Waals surface area contributed by atoms with Crippen LogP contribution in [0.1, 0.15) is 16.8 Å². The van der Waals surface area contributed by atoms with E-state index in [0.29, 0.717) is 19.5 Å². The Morgan fingerprint density at radius 2 is 1.76 bits per heavy atom. The number of alkyl halides is 3. The molecule has 1 fully saturated rings. The van der Waals surface area contributed by atoms with Gasteiger partial charge >= 0.3 is 6.18 Å². The first-order valence-electron chi connectivity index (χ1n) is 9.74. The highest BCUT2D eigenvalue weighted by Crippen LogP contribution is 2.38. The number of halogens is 4. The van der Waals surface area contributed by atoms with E-state index < -0.39 is 57.5 Å². The first-order valence-corrected chi connectivity index (χ1v) is 11.6. The summed E-state index contributed by atoms with van der Waals surface area (Å²) in [5, 5.41) is 0. The van der Waals surface area contributed by atoms with E-state index >= 15 is 0 Å². The van der Waals surface area contributed by atoms with Crippen molar-refractivity contribution in [3.63, 3.8) is 0 Å². The fraction of sp³-hybridized carbons (Fsp3) is 0.381. The first-order chi connectivity index (χ1) is 15.4. The summed E-state index contributed by atoms with van der Waals surface area (Å²) in [7, 11) is -2.76. The summed E-state index contributed by atoms with van der Waals surface area (Å²) in [6.07, 6.45) is -5.83. The normalized spacial score (nSPS) is 14.9. The van der Waals surface area contributed by atoms with Gasteiger partial charge in [0.15, 0.2) is 15.6 Å². The van der Waals surface area contributed by atoms with E-state index in [9.17, 15) is 30.8 Å².